The number of rotatable bonds is 4. The molecular formula is C15H21F2NO2S. The van der Waals surface area contributed by atoms with Crippen LogP contribution >= 0.6 is 0 Å². The van der Waals surface area contributed by atoms with Crippen LogP contribution in [0, 0.1) is 17.6 Å². The largest absolute Gasteiger partial charge is 0.313 e. The molecule has 0 radical (unpaired) electrons. The van der Waals surface area contributed by atoms with Crippen molar-refractivity contribution >= 4 is 9.84 Å². The molecule has 0 bridgehead atoms. The number of nitrogens with one attached hydrogen (secondary N) is 1. The molecule has 0 amide bonds. The molecule has 3 atom stereocenters. The van der Waals surface area contributed by atoms with Crippen molar-refractivity contribution in [3.63, 3.8) is 0 Å². The van der Waals surface area contributed by atoms with Crippen molar-refractivity contribution in [2.24, 2.45) is 5.92 Å². The van der Waals surface area contributed by atoms with Gasteiger partial charge in [0.25, 0.3) is 0 Å². The third kappa shape index (κ3) is 3.61. The first-order chi connectivity index (χ1) is 9.84. The van der Waals surface area contributed by atoms with Gasteiger partial charge in [-0.2, -0.15) is 0 Å². The summed E-state index contributed by atoms with van der Waals surface area (Å²) >= 11 is 0. The molecule has 6 heteroatoms. The molecule has 1 N–H and O–H groups in total. The van der Waals surface area contributed by atoms with E-state index >= 15 is 0 Å². The number of halogens is 2. The lowest BCUT2D eigenvalue weighted by Gasteiger charge is -2.34. The van der Waals surface area contributed by atoms with Crippen LogP contribution < -0.4 is 5.32 Å². The summed E-state index contributed by atoms with van der Waals surface area (Å²) in [5.74, 6) is -1.26. The summed E-state index contributed by atoms with van der Waals surface area (Å²) in [4.78, 5) is 0. The van der Waals surface area contributed by atoms with Crippen LogP contribution in [0.1, 0.15) is 37.3 Å². The van der Waals surface area contributed by atoms with Gasteiger partial charge in [-0.15, -0.1) is 0 Å². The van der Waals surface area contributed by atoms with Gasteiger partial charge in [0.05, 0.1) is 5.25 Å². The minimum Gasteiger partial charge on any atom is -0.313 e. The van der Waals surface area contributed by atoms with Crippen LogP contribution in [0.3, 0.4) is 0 Å². The quantitative estimate of drug-likeness (QED) is 0.929. The van der Waals surface area contributed by atoms with E-state index in [1.54, 1.807) is 7.05 Å². The van der Waals surface area contributed by atoms with Crippen molar-refractivity contribution in [3.8, 4) is 0 Å². The Bertz CT molecular complexity index is 583. The third-order valence-corrected chi connectivity index (χ3v) is 6.00. The Kier molecular flexibility index (Phi) is 4.99. The average molecular weight is 317 g/mol. The number of hydrogen-bond acceptors (Lipinski definition) is 3. The van der Waals surface area contributed by atoms with Crippen LogP contribution in [0.5, 0.6) is 0 Å². The maximum atomic E-state index is 14.0. The first kappa shape index (κ1) is 16.4. The van der Waals surface area contributed by atoms with Crippen LogP contribution in [0.2, 0.25) is 0 Å². The summed E-state index contributed by atoms with van der Waals surface area (Å²) in [5, 5.41) is 2.55. The highest BCUT2D eigenvalue weighted by Crippen LogP contribution is 2.38. The van der Waals surface area contributed by atoms with Gasteiger partial charge in [-0.3, -0.25) is 0 Å². The summed E-state index contributed by atoms with van der Waals surface area (Å²) in [6, 6.07) is 3.30. The smallest absolute Gasteiger partial charge is 0.150 e. The third-order valence-electron chi connectivity index (χ3n) is 4.37. The lowest BCUT2D eigenvalue weighted by molar-refractivity contribution is 0.272. The van der Waals surface area contributed by atoms with Gasteiger partial charge < -0.3 is 5.32 Å². The minimum atomic E-state index is -3.12. The van der Waals surface area contributed by atoms with Crippen LogP contribution in [0.25, 0.3) is 0 Å². The SMILES string of the molecule is CNC(c1c(F)cccc1F)C1CCCC(S(C)(=O)=O)C1. The molecule has 0 heterocycles. The lowest BCUT2D eigenvalue weighted by Crippen LogP contribution is -2.35. The molecule has 21 heavy (non-hydrogen) atoms. The Morgan fingerprint density at radius 2 is 1.86 bits per heavy atom. The standard InChI is InChI=1S/C15H21F2NO2S/c1-18-15(14-12(16)7-4-8-13(14)17)10-5-3-6-11(9-10)21(2,19)20/h4,7-8,10-11,15,18H,3,5-6,9H2,1-2H3. The van der Waals surface area contributed by atoms with Crippen molar-refractivity contribution in [2.45, 2.75) is 37.0 Å². The predicted octanol–water partition coefficient (Wildman–Crippen LogP) is 2.83. The zero-order chi connectivity index (χ0) is 15.6. The second-order valence-electron chi connectivity index (χ2n) is 5.78. The van der Waals surface area contributed by atoms with E-state index in [0.717, 1.165) is 12.8 Å². The van der Waals surface area contributed by atoms with Gasteiger partial charge in [-0.25, -0.2) is 17.2 Å². The number of benzene rings is 1. The fourth-order valence-electron chi connectivity index (χ4n) is 3.30. The number of hydrogen-bond donors (Lipinski definition) is 1. The summed E-state index contributed by atoms with van der Waals surface area (Å²) in [6.45, 7) is 0. The second-order valence-corrected chi connectivity index (χ2v) is 8.11. The molecule has 0 spiro atoms. The van der Waals surface area contributed by atoms with Crippen molar-refractivity contribution in [1.29, 1.82) is 0 Å². The van der Waals surface area contributed by atoms with Crippen molar-refractivity contribution in [2.75, 3.05) is 13.3 Å². The molecule has 1 aromatic carbocycles. The molecular weight excluding hydrogens is 296 g/mol. The highest BCUT2D eigenvalue weighted by molar-refractivity contribution is 7.91. The number of sulfone groups is 1. The van der Waals surface area contributed by atoms with E-state index in [1.807, 2.05) is 0 Å². The molecule has 0 aliphatic heterocycles. The lowest BCUT2D eigenvalue weighted by atomic mass is 9.80. The van der Waals surface area contributed by atoms with E-state index in [1.165, 1.54) is 24.5 Å². The molecule has 1 fully saturated rings. The summed E-state index contributed by atoms with van der Waals surface area (Å²) in [6.07, 6.45) is 3.84. The highest BCUT2D eigenvalue weighted by atomic mass is 32.2. The Hall–Kier alpha value is -1.01. The molecule has 1 aliphatic carbocycles. The predicted molar refractivity (Wildman–Crippen MR) is 78.7 cm³/mol. The van der Waals surface area contributed by atoms with E-state index < -0.39 is 32.8 Å². The first-order valence-corrected chi connectivity index (χ1v) is 9.10. The molecule has 1 saturated carbocycles. The van der Waals surface area contributed by atoms with Crippen LogP contribution in [0.4, 0.5) is 8.78 Å². The Balaban J connectivity index is 2.29. The van der Waals surface area contributed by atoms with Gasteiger partial charge >= 0.3 is 0 Å². The fraction of sp³-hybridized carbons (Fsp3) is 0.600. The second kappa shape index (κ2) is 6.40. The molecule has 3 nitrogen and oxygen atoms in total. The van der Waals surface area contributed by atoms with Gasteiger partial charge in [0.15, 0.2) is 0 Å². The molecule has 2 rings (SSSR count). The zero-order valence-corrected chi connectivity index (χ0v) is 13.1. The van der Waals surface area contributed by atoms with E-state index in [0.29, 0.717) is 12.8 Å². The summed E-state index contributed by atoms with van der Waals surface area (Å²) < 4.78 is 51.4. The topological polar surface area (TPSA) is 46.2 Å². The Labute approximate surface area is 124 Å². The van der Waals surface area contributed by atoms with Gasteiger partial charge in [-0.1, -0.05) is 12.5 Å². The van der Waals surface area contributed by atoms with E-state index in [2.05, 4.69) is 5.32 Å². The maximum absolute atomic E-state index is 14.0. The van der Waals surface area contributed by atoms with Crippen LogP contribution in [0.15, 0.2) is 18.2 Å². The van der Waals surface area contributed by atoms with Crippen molar-refractivity contribution in [1.82, 2.24) is 5.32 Å². The minimum absolute atomic E-state index is 0.0131. The van der Waals surface area contributed by atoms with Gasteiger partial charge in [-0.05, 0) is 44.4 Å². The monoisotopic (exact) mass is 317 g/mol. The molecule has 1 aromatic rings. The average Bonchev–Trinajstić information content (AvgIpc) is 2.42. The van der Waals surface area contributed by atoms with Crippen LogP contribution in [-0.2, 0) is 9.84 Å². The molecule has 118 valence electrons. The van der Waals surface area contributed by atoms with E-state index in [9.17, 15) is 17.2 Å². The molecule has 0 aromatic heterocycles. The molecule has 3 unspecified atom stereocenters. The Morgan fingerprint density at radius 3 is 2.38 bits per heavy atom. The zero-order valence-electron chi connectivity index (χ0n) is 12.3. The molecule has 0 saturated heterocycles. The Morgan fingerprint density at radius 1 is 1.24 bits per heavy atom. The highest BCUT2D eigenvalue weighted by Gasteiger charge is 2.35. The van der Waals surface area contributed by atoms with Crippen molar-refractivity contribution < 1.29 is 17.2 Å². The maximum Gasteiger partial charge on any atom is 0.150 e. The van der Waals surface area contributed by atoms with Gasteiger partial charge in [0, 0.05) is 17.9 Å². The normalized spacial score (nSPS) is 24.8. The fourth-order valence-corrected chi connectivity index (χ4v) is 4.49. The van der Waals surface area contributed by atoms with E-state index in [4.69, 9.17) is 0 Å². The van der Waals surface area contributed by atoms with Crippen molar-refractivity contribution in [3.05, 3.63) is 35.4 Å². The summed E-state index contributed by atoms with van der Waals surface area (Å²) in [5.41, 5.74) is 0.0131. The van der Waals surface area contributed by atoms with Gasteiger partial charge in [0.2, 0.25) is 0 Å². The van der Waals surface area contributed by atoms with E-state index in [-0.39, 0.29) is 11.5 Å². The van der Waals surface area contributed by atoms with Gasteiger partial charge in [0.1, 0.15) is 21.5 Å². The molecule has 1 aliphatic rings. The summed E-state index contributed by atoms with van der Waals surface area (Å²) in [7, 11) is -1.46. The first-order valence-electron chi connectivity index (χ1n) is 7.14. The van der Waals surface area contributed by atoms with Crippen LogP contribution in [-0.4, -0.2) is 27.0 Å².